The Morgan fingerprint density at radius 3 is 2.60 bits per heavy atom. The number of ether oxygens (including phenoxy) is 1. The minimum atomic E-state index is -1.02. The van der Waals surface area contributed by atoms with Gasteiger partial charge in [0.1, 0.15) is 17.7 Å². The summed E-state index contributed by atoms with van der Waals surface area (Å²) in [6.07, 6.45) is -0.156. The summed E-state index contributed by atoms with van der Waals surface area (Å²) in [6.45, 7) is 2.56. The van der Waals surface area contributed by atoms with E-state index in [0.29, 0.717) is 23.5 Å². The molecule has 0 radical (unpaired) electrons. The Morgan fingerprint density at radius 2 is 1.85 bits per heavy atom. The zero-order valence-corrected chi connectivity index (χ0v) is 11.9. The summed E-state index contributed by atoms with van der Waals surface area (Å²) in [4.78, 5) is 0. The zero-order chi connectivity index (χ0) is 14.5. The van der Waals surface area contributed by atoms with Gasteiger partial charge in [-0.05, 0) is 18.6 Å². The SMILES string of the molecule is CCCOc1ccccc1C(O)c1cccc(F)c1Cl. The van der Waals surface area contributed by atoms with Crippen molar-refractivity contribution in [3.8, 4) is 5.75 Å². The molecule has 106 valence electrons. The molecule has 0 amide bonds. The largest absolute Gasteiger partial charge is 0.493 e. The molecule has 0 heterocycles. The molecular formula is C16H16ClFO2. The van der Waals surface area contributed by atoms with Crippen LogP contribution in [0.5, 0.6) is 5.75 Å². The molecule has 0 bridgehead atoms. The average Bonchev–Trinajstić information content (AvgIpc) is 2.47. The van der Waals surface area contributed by atoms with Crippen molar-refractivity contribution in [2.24, 2.45) is 0 Å². The Bertz CT molecular complexity index is 586. The minimum Gasteiger partial charge on any atom is -0.493 e. The van der Waals surface area contributed by atoms with Crippen LogP contribution in [0.4, 0.5) is 4.39 Å². The first-order valence-electron chi connectivity index (χ1n) is 6.48. The lowest BCUT2D eigenvalue weighted by atomic mass is 10.0. The van der Waals surface area contributed by atoms with E-state index in [2.05, 4.69) is 0 Å². The molecule has 0 aliphatic rings. The van der Waals surface area contributed by atoms with E-state index in [1.807, 2.05) is 13.0 Å². The van der Waals surface area contributed by atoms with Crippen LogP contribution >= 0.6 is 11.6 Å². The molecule has 0 aliphatic carbocycles. The fourth-order valence-electron chi connectivity index (χ4n) is 1.95. The lowest BCUT2D eigenvalue weighted by Crippen LogP contribution is -2.05. The summed E-state index contributed by atoms with van der Waals surface area (Å²) < 4.78 is 19.1. The van der Waals surface area contributed by atoms with Crippen molar-refractivity contribution in [3.63, 3.8) is 0 Å². The number of aliphatic hydroxyl groups excluding tert-OH is 1. The molecule has 2 aromatic carbocycles. The normalized spacial score (nSPS) is 12.2. The van der Waals surface area contributed by atoms with Crippen LogP contribution in [0, 0.1) is 5.82 Å². The van der Waals surface area contributed by atoms with Crippen molar-refractivity contribution in [3.05, 3.63) is 64.4 Å². The molecule has 1 N–H and O–H groups in total. The maximum atomic E-state index is 13.5. The quantitative estimate of drug-likeness (QED) is 0.888. The Labute approximate surface area is 122 Å². The molecular weight excluding hydrogens is 279 g/mol. The summed E-state index contributed by atoms with van der Waals surface area (Å²) in [5.41, 5.74) is 0.910. The van der Waals surface area contributed by atoms with Crippen LogP contribution in [0.3, 0.4) is 0 Å². The van der Waals surface area contributed by atoms with Crippen molar-refractivity contribution < 1.29 is 14.2 Å². The van der Waals surface area contributed by atoms with E-state index in [1.165, 1.54) is 12.1 Å². The van der Waals surface area contributed by atoms with Gasteiger partial charge < -0.3 is 9.84 Å². The Morgan fingerprint density at radius 1 is 1.15 bits per heavy atom. The monoisotopic (exact) mass is 294 g/mol. The first-order valence-corrected chi connectivity index (χ1v) is 6.86. The number of halogens is 2. The maximum Gasteiger partial charge on any atom is 0.142 e. The third-order valence-electron chi connectivity index (χ3n) is 2.95. The third-order valence-corrected chi connectivity index (χ3v) is 3.35. The highest BCUT2D eigenvalue weighted by Gasteiger charge is 2.19. The van der Waals surface area contributed by atoms with Crippen LogP contribution in [-0.4, -0.2) is 11.7 Å². The number of para-hydroxylation sites is 1. The van der Waals surface area contributed by atoms with E-state index in [4.69, 9.17) is 16.3 Å². The number of benzene rings is 2. The standard InChI is InChI=1S/C16H16ClFO2/c1-2-10-20-14-9-4-3-6-11(14)16(19)12-7-5-8-13(18)15(12)17/h3-9,16,19H,2,10H2,1H3. The van der Waals surface area contributed by atoms with E-state index >= 15 is 0 Å². The topological polar surface area (TPSA) is 29.5 Å². The van der Waals surface area contributed by atoms with Gasteiger partial charge >= 0.3 is 0 Å². The highest BCUT2D eigenvalue weighted by Crippen LogP contribution is 2.34. The number of hydrogen-bond acceptors (Lipinski definition) is 2. The van der Waals surface area contributed by atoms with Crippen molar-refractivity contribution in [1.29, 1.82) is 0 Å². The van der Waals surface area contributed by atoms with Crippen LogP contribution < -0.4 is 4.74 Å². The van der Waals surface area contributed by atoms with E-state index in [-0.39, 0.29) is 5.02 Å². The second kappa shape index (κ2) is 6.73. The summed E-state index contributed by atoms with van der Waals surface area (Å²) in [7, 11) is 0. The number of rotatable bonds is 5. The van der Waals surface area contributed by atoms with E-state index < -0.39 is 11.9 Å². The maximum absolute atomic E-state index is 13.5. The van der Waals surface area contributed by atoms with Crippen LogP contribution in [0.25, 0.3) is 0 Å². The highest BCUT2D eigenvalue weighted by atomic mass is 35.5. The van der Waals surface area contributed by atoms with Crippen LogP contribution in [-0.2, 0) is 0 Å². The second-order valence-corrected chi connectivity index (χ2v) is 4.81. The van der Waals surface area contributed by atoms with E-state index in [0.717, 1.165) is 6.42 Å². The predicted molar refractivity (Wildman–Crippen MR) is 77.7 cm³/mol. The average molecular weight is 295 g/mol. The molecule has 2 aromatic rings. The highest BCUT2D eigenvalue weighted by molar-refractivity contribution is 6.31. The molecule has 20 heavy (non-hydrogen) atoms. The van der Waals surface area contributed by atoms with Crippen molar-refractivity contribution >= 4 is 11.6 Å². The molecule has 1 unspecified atom stereocenters. The Balaban J connectivity index is 2.38. The molecule has 2 rings (SSSR count). The van der Waals surface area contributed by atoms with Crippen LogP contribution in [0.2, 0.25) is 5.02 Å². The minimum absolute atomic E-state index is 0.0645. The Kier molecular flexibility index (Phi) is 4.99. The fraction of sp³-hybridized carbons (Fsp3) is 0.250. The lowest BCUT2D eigenvalue weighted by Gasteiger charge is -2.17. The first kappa shape index (κ1) is 14.8. The summed E-state index contributed by atoms with van der Waals surface area (Å²) in [5.74, 6) is 0.0392. The summed E-state index contributed by atoms with van der Waals surface area (Å²) >= 11 is 5.92. The van der Waals surface area contributed by atoms with E-state index in [1.54, 1.807) is 24.3 Å². The number of hydrogen-bond donors (Lipinski definition) is 1. The second-order valence-electron chi connectivity index (χ2n) is 4.43. The molecule has 0 spiro atoms. The number of aliphatic hydroxyl groups is 1. The fourth-order valence-corrected chi connectivity index (χ4v) is 2.18. The van der Waals surface area contributed by atoms with Crippen molar-refractivity contribution in [2.45, 2.75) is 19.4 Å². The van der Waals surface area contributed by atoms with Gasteiger partial charge in [-0.15, -0.1) is 0 Å². The third kappa shape index (κ3) is 3.11. The van der Waals surface area contributed by atoms with Gasteiger partial charge in [-0.3, -0.25) is 0 Å². The van der Waals surface area contributed by atoms with Crippen LogP contribution in [0.15, 0.2) is 42.5 Å². The molecule has 4 heteroatoms. The van der Waals surface area contributed by atoms with Gasteiger partial charge in [0.15, 0.2) is 0 Å². The Hall–Kier alpha value is -1.58. The smallest absolute Gasteiger partial charge is 0.142 e. The lowest BCUT2D eigenvalue weighted by molar-refractivity contribution is 0.210. The molecule has 0 saturated heterocycles. The summed E-state index contributed by atoms with van der Waals surface area (Å²) in [5, 5.41) is 10.4. The van der Waals surface area contributed by atoms with Crippen molar-refractivity contribution in [2.75, 3.05) is 6.61 Å². The first-order chi connectivity index (χ1) is 9.65. The molecule has 0 saturated carbocycles. The van der Waals surface area contributed by atoms with Gasteiger partial charge in [-0.1, -0.05) is 48.9 Å². The molecule has 0 aliphatic heterocycles. The van der Waals surface area contributed by atoms with E-state index in [9.17, 15) is 9.50 Å². The van der Waals surface area contributed by atoms with Gasteiger partial charge in [0.2, 0.25) is 0 Å². The van der Waals surface area contributed by atoms with Crippen molar-refractivity contribution in [1.82, 2.24) is 0 Å². The van der Waals surface area contributed by atoms with Gasteiger partial charge in [0, 0.05) is 11.1 Å². The zero-order valence-electron chi connectivity index (χ0n) is 11.1. The van der Waals surface area contributed by atoms with Crippen LogP contribution in [0.1, 0.15) is 30.6 Å². The van der Waals surface area contributed by atoms with Gasteiger partial charge in [-0.2, -0.15) is 0 Å². The molecule has 2 nitrogen and oxygen atoms in total. The predicted octanol–water partition coefficient (Wildman–Crippen LogP) is 4.35. The molecule has 1 atom stereocenters. The molecule has 0 aromatic heterocycles. The summed E-state index contributed by atoms with van der Waals surface area (Å²) in [6, 6.07) is 11.5. The van der Waals surface area contributed by atoms with Gasteiger partial charge in [0.05, 0.1) is 11.6 Å². The van der Waals surface area contributed by atoms with Gasteiger partial charge in [-0.25, -0.2) is 4.39 Å². The molecule has 0 fully saturated rings. The van der Waals surface area contributed by atoms with Gasteiger partial charge in [0.25, 0.3) is 0 Å².